The van der Waals surface area contributed by atoms with Gasteiger partial charge in [0.05, 0.1) is 25.4 Å². The molecule has 1 rings (SSSR count). The molecule has 1 heterocycles. The van der Waals surface area contributed by atoms with Gasteiger partial charge in [0, 0.05) is 0 Å². The van der Waals surface area contributed by atoms with Crippen LogP contribution in [-0.2, 0) is 28.9 Å². The number of allylic oxidation sites excluding steroid dienone is 3. The Morgan fingerprint density at radius 2 is 1.29 bits per heavy atom. The molecule has 0 aromatic rings. The average Bonchev–Trinajstić information content (AvgIpc) is 3.11. The van der Waals surface area contributed by atoms with E-state index in [0.717, 1.165) is 38.5 Å². The number of hydrogen-bond donors (Lipinski definition) is 7. The van der Waals surface area contributed by atoms with Crippen LogP contribution in [0.2, 0.25) is 0 Å². The lowest BCUT2D eigenvalue weighted by molar-refractivity contribution is -0.298. The number of carbonyl (C=O) groups excluding carboxylic acids is 1. The Bertz CT molecular complexity index is 1060. The standard InChI is InChI=1S/C38H71NO12S/c1-3-5-7-9-11-13-15-16-17-19-20-22-24-26-31(41)30(39-37(45)32(42)27-25-23-21-18-14-12-10-8-6-4-2)29-49-38-35(44)36(51-52(46,47)48)34(43)33(28-40)50-38/h17,19,24,26,30-36,38,40-44H,3-16,18,20-23,25,27-29H2,1-2H3,(H,39,45)(H,46,47,48)/b19-17+,26-24+. The fourth-order valence-electron chi connectivity index (χ4n) is 6.12. The molecule has 8 atom stereocenters. The van der Waals surface area contributed by atoms with Crippen molar-refractivity contribution in [2.45, 2.75) is 198 Å². The van der Waals surface area contributed by atoms with Crippen molar-refractivity contribution < 1.29 is 57.0 Å². The third-order valence-corrected chi connectivity index (χ3v) is 9.81. The Morgan fingerprint density at radius 3 is 1.85 bits per heavy atom. The van der Waals surface area contributed by atoms with Gasteiger partial charge in [0.2, 0.25) is 5.91 Å². The van der Waals surface area contributed by atoms with Gasteiger partial charge in [-0.15, -0.1) is 0 Å². The average molecular weight is 766 g/mol. The second-order valence-electron chi connectivity index (χ2n) is 14.0. The number of hydrogen-bond acceptors (Lipinski definition) is 11. The Labute approximate surface area is 313 Å². The highest BCUT2D eigenvalue weighted by atomic mass is 32.3. The smallest absolute Gasteiger partial charge is 0.394 e. The lowest BCUT2D eigenvalue weighted by Gasteiger charge is -2.41. The fraction of sp³-hybridized carbons (Fsp3) is 0.868. The van der Waals surface area contributed by atoms with E-state index >= 15 is 0 Å². The van der Waals surface area contributed by atoms with Crippen molar-refractivity contribution in [1.29, 1.82) is 0 Å². The Hall–Kier alpha value is -1.46. The van der Waals surface area contributed by atoms with Crippen LogP contribution in [0.4, 0.5) is 0 Å². The van der Waals surface area contributed by atoms with Crippen LogP contribution in [0.15, 0.2) is 24.3 Å². The number of unbranched alkanes of at least 4 members (excludes halogenated alkanes) is 17. The van der Waals surface area contributed by atoms with Crippen molar-refractivity contribution >= 4 is 16.3 Å². The first-order valence-corrected chi connectivity index (χ1v) is 21.2. The minimum atomic E-state index is -5.11. The van der Waals surface area contributed by atoms with E-state index in [1.807, 2.05) is 0 Å². The van der Waals surface area contributed by atoms with Crippen molar-refractivity contribution in [2.75, 3.05) is 13.2 Å². The molecule has 14 heteroatoms. The van der Waals surface area contributed by atoms with E-state index in [4.69, 9.17) is 14.0 Å². The molecule has 0 aromatic carbocycles. The zero-order valence-corrected chi connectivity index (χ0v) is 32.5. The van der Waals surface area contributed by atoms with Crippen LogP contribution in [0.1, 0.15) is 149 Å². The predicted octanol–water partition coefficient (Wildman–Crippen LogP) is 5.18. The van der Waals surface area contributed by atoms with E-state index in [9.17, 15) is 38.7 Å². The zero-order chi connectivity index (χ0) is 38.6. The third-order valence-electron chi connectivity index (χ3n) is 9.34. The van der Waals surface area contributed by atoms with Gasteiger partial charge in [-0.05, 0) is 32.1 Å². The molecule has 0 aliphatic carbocycles. The van der Waals surface area contributed by atoms with Crippen molar-refractivity contribution in [3.05, 3.63) is 24.3 Å². The maximum absolute atomic E-state index is 13.0. The molecular weight excluding hydrogens is 694 g/mol. The summed E-state index contributed by atoms with van der Waals surface area (Å²) >= 11 is 0. The second kappa shape index (κ2) is 29.8. The van der Waals surface area contributed by atoms with Crippen LogP contribution in [0.25, 0.3) is 0 Å². The molecule has 7 N–H and O–H groups in total. The number of ether oxygens (including phenoxy) is 2. The minimum absolute atomic E-state index is 0.238. The number of aliphatic hydroxyl groups is 5. The number of amides is 1. The number of rotatable bonds is 32. The van der Waals surface area contributed by atoms with Crippen molar-refractivity contribution in [3.8, 4) is 0 Å². The lowest BCUT2D eigenvalue weighted by atomic mass is 9.99. The van der Waals surface area contributed by atoms with Gasteiger partial charge in [-0.3, -0.25) is 9.35 Å². The molecule has 52 heavy (non-hydrogen) atoms. The van der Waals surface area contributed by atoms with E-state index in [1.165, 1.54) is 83.1 Å². The highest BCUT2D eigenvalue weighted by Gasteiger charge is 2.48. The first-order valence-electron chi connectivity index (χ1n) is 19.8. The lowest BCUT2D eigenvalue weighted by Crippen LogP contribution is -2.61. The van der Waals surface area contributed by atoms with Gasteiger partial charge in [-0.25, -0.2) is 4.18 Å². The largest absolute Gasteiger partial charge is 0.397 e. The SMILES string of the molecule is CCCCCCCCC/C=C/CC/C=C/C(O)C(COC1OC(CO)C(O)C(OS(=O)(=O)O)C1O)NC(=O)C(O)CCCCCCCCCCCC. The van der Waals surface area contributed by atoms with E-state index in [2.05, 4.69) is 35.5 Å². The van der Waals surface area contributed by atoms with Crippen LogP contribution >= 0.6 is 0 Å². The Balaban J connectivity index is 2.74. The van der Waals surface area contributed by atoms with Gasteiger partial charge < -0.3 is 40.3 Å². The fourth-order valence-corrected chi connectivity index (χ4v) is 6.63. The highest BCUT2D eigenvalue weighted by Crippen LogP contribution is 2.26. The van der Waals surface area contributed by atoms with Gasteiger partial charge in [-0.2, -0.15) is 8.42 Å². The molecule has 306 valence electrons. The van der Waals surface area contributed by atoms with Crippen LogP contribution in [0.3, 0.4) is 0 Å². The van der Waals surface area contributed by atoms with Crippen LogP contribution < -0.4 is 5.32 Å². The summed E-state index contributed by atoms with van der Waals surface area (Å²) in [6.07, 6.45) is 18.6. The third kappa shape index (κ3) is 22.7. The summed E-state index contributed by atoms with van der Waals surface area (Å²) in [5.41, 5.74) is 0. The monoisotopic (exact) mass is 765 g/mol. The molecular formula is C38H71NO12S. The molecule has 0 spiro atoms. The molecule has 0 aromatic heterocycles. The Kier molecular flexibility index (Phi) is 27.9. The summed E-state index contributed by atoms with van der Waals surface area (Å²) in [6, 6.07) is -1.13. The molecule has 13 nitrogen and oxygen atoms in total. The highest BCUT2D eigenvalue weighted by molar-refractivity contribution is 7.80. The first-order chi connectivity index (χ1) is 24.9. The minimum Gasteiger partial charge on any atom is -0.394 e. The normalized spacial score (nSPS) is 23.0. The molecule has 1 aliphatic rings. The summed E-state index contributed by atoms with van der Waals surface area (Å²) in [5, 5.41) is 54.8. The topological polar surface area (TPSA) is 212 Å². The summed E-state index contributed by atoms with van der Waals surface area (Å²) in [5.74, 6) is -0.716. The molecule has 0 radical (unpaired) electrons. The van der Waals surface area contributed by atoms with Crippen LogP contribution in [0.5, 0.6) is 0 Å². The number of carbonyl (C=O) groups is 1. The molecule has 0 saturated carbocycles. The molecule has 1 aliphatic heterocycles. The number of aliphatic hydroxyl groups excluding tert-OH is 5. The van der Waals surface area contributed by atoms with Gasteiger partial charge in [-0.1, -0.05) is 141 Å². The van der Waals surface area contributed by atoms with E-state index in [1.54, 1.807) is 6.08 Å². The molecule has 0 bridgehead atoms. The maximum atomic E-state index is 13.0. The molecule has 1 fully saturated rings. The molecule has 1 amide bonds. The number of nitrogens with one attached hydrogen (secondary N) is 1. The first kappa shape index (κ1) is 48.6. The van der Waals surface area contributed by atoms with Crippen molar-refractivity contribution in [1.82, 2.24) is 5.32 Å². The van der Waals surface area contributed by atoms with Crippen molar-refractivity contribution in [2.24, 2.45) is 0 Å². The Morgan fingerprint density at radius 1 is 0.769 bits per heavy atom. The van der Waals surface area contributed by atoms with Crippen LogP contribution in [0, 0.1) is 0 Å². The summed E-state index contributed by atoms with van der Waals surface area (Å²) < 4.78 is 47.2. The quantitative estimate of drug-likeness (QED) is 0.0268. The van der Waals surface area contributed by atoms with Crippen molar-refractivity contribution in [3.63, 3.8) is 0 Å². The molecule has 8 unspecified atom stereocenters. The summed E-state index contributed by atoms with van der Waals surface area (Å²) in [6.45, 7) is 3.13. The van der Waals surface area contributed by atoms with E-state index < -0.39 is 78.5 Å². The zero-order valence-electron chi connectivity index (χ0n) is 31.7. The maximum Gasteiger partial charge on any atom is 0.397 e. The molecule has 1 saturated heterocycles. The van der Waals surface area contributed by atoms with Gasteiger partial charge in [0.25, 0.3) is 0 Å². The van der Waals surface area contributed by atoms with E-state index in [-0.39, 0.29) is 6.42 Å². The van der Waals surface area contributed by atoms with Crippen LogP contribution in [-0.4, -0.2) is 107 Å². The predicted molar refractivity (Wildman–Crippen MR) is 201 cm³/mol. The second-order valence-corrected chi connectivity index (χ2v) is 15.1. The van der Waals surface area contributed by atoms with Gasteiger partial charge in [0.15, 0.2) is 6.29 Å². The van der Waals surface area contributed by atoms with Gasteiger partial charge in [0.1, 0.15) is 30.5 Å². The van der Waals surface area contributed by atoms with Gasteiger partial charge >= 0.3 is 10.4 Å². The summed E-state index contributed by atoms with van der Waals surface area (Å²) in [4.78, 5) is 13.0. The van der Waals surface area contributed by atoms with E-state index in [0.29, 0.717) is 12.8 Å². The summed E-state index contributed by atoms with van der Waals surface area (Å²) in [7, 11) is -5.11.